The number of ether oxygens (including phenoxy) is 1. The predicted molar refractivity (Wildman–Crippen MR) is 93.0 cm³/mol. The second-order valence-corrected chi connectivity index (χ2v) is 7.81. The van der Waals surface area contributed by atoms with Gasteiger partial charge < -0.3 is 9.84 Å². The topological polar surface area (TPSA) is 46.5 Å². The van der Waals surface area contributed by atoms with Crippen molar-refractivity contribution in [3.05, 3.63) is 52.4 Å². The lowest BCUT2D eigenvalue weighted by Crippen LogP contribution is -2.40. The third-order valence-electron chi connectivity index (χ3n) is 6.12. The number of benzene rings is 1. The number of allylic oxidation sites excluding steroid dienone is 1. The van der Waals surface area contributed by atoms with E-state index >= 15 is 0 Å². The van der Waals surface area contributed by atoms with Crippen molar-refractivity contribution < 1.29 is 19.0 Å². The average Bonchev–Trinajstić information content (AvgIpc) is 2.98. The first kappa shape index (κ1) is 16.5. The van der Waals surface area contributed by atoms with Crippen LogP contribution in [0.15, 0.2) is 41.0 Å². The number of rotatable bonds is 1. The molecule has 0 aromatic heterocycles. The van der Waals surface area contributed by atoms with Crippen LogP contribution in [0.25, 0.3) is 6.08 Å². The first-order valence-electron chi connectivity index (χ1n) is 8.96. The van der Waals surface area contributed by atoms with E-state index in [0.717, 1.165) is 24.8 Å². The summed E-state index contributed by atoms with van der Waals surface area (Å²) in [6, 6.07) is 6.12. The smallest absolute Gasteiger partial charge is 0.334 e. The molecule has 1 heterocycles. The molecule has 1 N–H and O–H groups in total. The van der Waals surface area contributed by atoms with Crippen LogP contribution >= 0.6 is 0 Å². The van der Waals surface area contributed by atoms with Gasteiger partial charge in [-0.05, 0) is 63.3 Å². The van der Waals surface area contributed by atoms with Crippen LogP contribution in [-0.4, -0.2) is 22.8 Å². The minimum atomic E-state index is -0.838. The molecule has 4 atom stereocenters. The third kappa shape index (κ3) is 2.73. The quantitative estimate of drug-likeness (QED) is 0.476. The lowest BCUT2D eigenvalue weighted by atomic mass is 9.79. The Balaban J connectivity index is 1.73. The molecule has 0 bridgehead atoms. The molecule has 1 aliphatic heterocycles. The molecule has 3 aliphatic rings. The first-order chi connectivity index (χ1) is 11.9. The van der Waals surface area contributed by atoms with Crippen LogP contribution in [0.3, 0.4) is 0 Å². The summed E-state index contributed by atoms with van der Waals surface area (Å²) in [6.07, 6.45) is 4.86. The summed E-state index contributed by atoms with van der Waals surface area (Å²) in [4.78, 5) is 12.5. The number of fused-ring (bicyclic) bond motifs is 3. The summed E-state index contributed by atoms with van der Waals surface area (Å²) in [5.74, 6) is -0.751. The van der Waals surface area contributed by atoms with Gasteiger partial charge in [0.15, 0.2) is 0 Å². The van der Waals surface area contributed by atoms with Crippen LogP contribution in [-0.2, 0) is 9.53 Å². The Hall–Kier alpha value is -1.94. The van der Waals surface area contributed by atoms with Gasteiger partial charge in [0.1, 0.15) is 11.9 Å². The standard InChI is InChI=1S/C21H23FO3/c1-12-3-8-16-17(11-13-4-6-14(22)7-5-13)20(23)25-19(16)18-15(12)9-10-21(18,2)24/h4-7,11,16,18-19,24H,3,8-10H2,1-2H3/b17-11-/t16-,18-,19-,21+/m0/s1. The van der Waals surface area contributed by atoms with Crippen molar-refractivity contribution in [2.45, 2.75) is 51.2 Å². The van der Waals surface area contributed by atoms with E-state index in [1.54, 1.807) is 12.1 Å². The minimum Gasteiger partial charge on any atom is -0.458 e. The summed E-state index contributed by atoms with van der Waals surface area (Å²) < 4.78 is 18.9. The maximum absolute atomic E-state index is 13.1. The van der Waals surface area contributed by atoms with Crippen LogP contribution in [0, 0.1) is 17.7 Å². The van der Waals surface area contributed by atoms with E-state index in [1.165, 1.54) is 23.3 Å². The van der Waals surface area contributed by atoms with Gasteiger partial charge in [-0.2, -0.15) is 0 Å². The number of halogens is 1. The summed E-state index contributed by atoms with van der Waals surface area (Å²) in [5, 5.41) is 10.9. The number of hydrogen-bond acceptors (Lipinski definition) is 3. The molecule has 0 spiro atoms. The highest BCUT2D eigenvalue weighted by atomic mass is 19.1. The fraction of sp³-hybridized carbons (Fsp3) is 0.476. The van der Waals surface area contributed by atoms with E-state index in [9.17, 15) is 14.3 Å². The number of aliphatic hydroxyl groups is 1. The molecule has 0 amide bonds. The summed E-state index contributed by atoms with van der Waals surface area (Å²) in [7, 11) is 0. The molecule has 4 heteroatoms. The van der Waals surface area contributed by atoms with E-state index in [1.807, 2.05) is 13.0 Å². The van der Waals surface area contributed by atoms with E-state index in [0.29, 0.717) is 12.0 Å². The Morgan fingerprint density at radius 3 is 2.72 bits per heavy atom. The monoisotopic (exact) mass is 342 g/mol. The molecular weight excluding hydrogens is 319 g/mol. The van der Waals surface area contributed by atoms with Gasteiger partial charge in [0.25, 0.3) is 0 Å². The maximum Gasteiger partial charge on any atom is 0.334 e. The van der Waals surface area contributed by atoms with Crippen LogP contribution in [0.1, 0.15) is 45.1 Å². The number of hydrogen-bond donors (Lipinski definition) is 1. The van der Waals surface area contributed by atoms with Crippen molar-refractivity contribution in [2.24, 2.45) is 11.8 Å². The maximum atomic E-state index is 13.1. The second-order valence-electron chi connectivity index (χ2n) is 7.81. The van der Waals surface area contributed by atoms with Crippen molar-refractivity contribution in [1.29, 1.82) is 0 Å². The van der Waals surface area contributed by atoms with Gasteiger partial charge in [-0.3, -0.25) is 0 Å². The van der Waals surface area contributed by atoms with Gasteiger partial charge in [0, 0.05) is 17.4 Å². The first-order valence-corrected chi connectivity index (χ1v) is 8.96. The molecule has 0 radical (unpaired) electrons. The highest BCUT2D eigenvalue weighted by molar-refractivity contribution is 5.96. The predicted octanol–water partition coefficient (Wildman–Crippen LogP) is 4.02. The van der Waals surface area contributed by atoms with Crippen molar-refractivity contribution in [2.75, 3.05) is 0 Å². The normalized spacial score (nSPS) is 36.2. The molecule has 0 unspecified atom stereocenters. The summed E-state index contributed by atoms with van der Waals surface area (Å²) in [5.41, 5.74) is 3.20. The zero-order valence-electron chi connectivity index (χ0n) is 14.6. The van der Waals surface area contributed by atoms with Crippen LogP contribution in [0.4, 0.5) is 4.39 Å². The van der Waals surface area contributed by atoms with E-state index < -0.39 is 5.60 Å². The minimum absolute atomic E-state index is 0.0282. The highest BCUT2D eigenvalue weighted by Gasteiger charge is 2.54. The Morgan fingerprint density at radius 1 is 1.28 bits per heavy atom. The molecule has 1 aromatic rings. The Kier molecular flexibility index (Phi) is 3.84. The molecule has 2 aliphatic carbocycles. The van der Waals surface area contributed by atoms with E-state index in [-0.39, 0.29) is 29.7 Å². The van der Waals surface area contributed by atoms with Gasteiger partial charge in [-0.15, -0.1) is 0 Å². The molecule has 4 rings (SSSR count). The van der Waals surface area contributed by atoms with Gasteiger partial charge in [0.2, 0.25) is 0 Å². The van der Waals surface area contributed by atoms with Crippen molar-refractivity contribution in [3.63, 3.8) is 0 Å². The Labute approximate surface area is 147 Å². The lowest BCUT2D eigenvalue weighted by Gasteiger charge is -2.32. The fourth-order valence-electron chi connectivity index (χ4n) is 4.76. The molecule has 1 saturated heterocycles. The Bertz CT molecular complexity index is 773. The molecule has 1 saturated carbocycles. The number of carbonyl (C=O) groups is 1. The SMILES string of the molecule is CC1=C2CC[C@@](C)(O)[C@@H]2[C@H]2OC(=O)/C(=C\c3ccc(F)cc3)[C@@H]2CC1. The van der Waals surface area contributed by atoms with Crippen molar-refractivity contribution >= 4 is 12.0 Å². The van der Waals surface area contributed by atoms with Gasteiger partial charge >= 0.3 is 5.97 Å². The van der Waals surface area contributed by atoms with E-state index in [2.05, 4.69) is 6.92 Å². The summed E-state index contributed by atoms with van der Waals surface area (Å²) in [6.45, 7) is 3.99. The van der Waals surface area contributed by atoms with Crippen LogP contribution < -0.4 is 0 Å². The zero-order chi connectivity index (χ0) is 17.8. The molecule has 132 valence electrons. The molecule has 2 fully saturated rings. The van der Waals surface area contributed by atoms with Crippen LogP contribution in [0.2, 0.25) is 0 Å². The molecule has 25 heavy (non-hydrogen) atoms. The summed E-state index contributed by atoms with van der Waals surface area (Å²) >= 11 is 0. The van der Waals surface area contributed by atoms with Crippen LogP contribution in [0.5, 0.6) is 0 Å². The van der Waals surface area contributed by atoms with E-state index in [4.69, 9.17) is 4.74 Å². The van der Waals surface area contributed by atoms with Crippen molar-refractivity contribution in [3.8, 4) is 0 Å². The van der Waals surface area contributed by atoms with Crippen molar-refractivity contribution in [1.82, 2.24) is 0 Å². The molecule has 3 nitrogen and oxygen atoms in total. The number of esters is 1. The van der Waals surface area contributed by atoms with Gasteiger partial charge in [-0.25, -0.2) is 9.18 Å². The molecule has 1 aromatic carbocycles. The lowest BCUT2D eigenvalue weighted by molar-refractivity contribution is -0.144. The van der Waals surface area contributed by atoms with Gasteiger partial charge in [-0.1, -0.05) is 23.3 Å². The molecular formula is C21H23FO3. The Morgan fingerprint density at radius 2 is 2.00 bits per heavy atom. The average molecular weight is 342 g/mol. The number of carbonyl (C=O) groups excluding carboxylic acids is 1. The van der Waals surface area contributed by atoms with Gasteiger partial charge in [0.05, 0.1) is 5.60 Å². The fourth-order valence-corrected chi connectivity index (χ4v) is 4.76. The third-order valence-corrected chi connectivity index (χ3v) is 6.12. The largest absolute Gasteiger partial charge is 0.458 e. The second kappa shape index (κ2) is 5.80. The zero-order valence-corrected chi connectivity index (χ0v) is 14.6. The highest BCUT2D eigenvalue weighted by Crippen LogP contribution is 2.52.